The van der Waals surface area contributed by atoms with Crippen LogP contribution in [-0.2, 0) is 0 Å². The number of rotatable bonds is 8. The summed E-state index contributed by atoms with van der Waals surface area (Å²) in [6, 6.07) is 6.46. The van der Waals surface area contributed by atoms with Crippen LogP contribution < -0.4 is 15.2 Å². The summed E-state index contributed by atoms with van der Waals surface area (Å²) < 4.78 is 10.4. The maximum atomic E-state index is 11.0. The minimum atomic E-state index is -0.841. The number of methoxy groups -OCH3 is 1. The molecular formula is C14H19N3O4. The van der Waals surface area contributed by atoms with Gasteiger partial charge in [-0.1, -0.05) is 0 Å². The van der Waals surface area contributed by atoms with E-state index in [-0.39, 0.29) is 11.4 Å². The van der Waals surface area contributed by atoms with Crippen LogP contribution in [0.4, 0.5) is 5.69 Å². The number of nitrogens with two attached hydrogens (primary N) is 1. The highest BCUT2D eigenvalue weighted by molar-refractivity contribution is 5.50. The average molecular weight is 293 g/mol. The van der Waals surface area contributed by atoms with Gasteiger partial charge in [-0.05, 0) is 38.3 Å². The maximum absolute atomic E-state index is 11.0. The van der Waals surface area contributed by atoms with Crippen molar-refractivity contribution in [1.29, 1.82) is 5.26 Å². The van der Waals surface area contributed by atoms with Crippen molar-refractivity contribution in [1.82, 2.24) is 0 Å². The zero-order chi connectivity index (χ0) is 15.9. The first-order valence-corrected chi connectivity index (χ1v) is 6.55. The molecule has 1 unspecified atom stereocenters. The predicted molar refractivity (Wildman–Crippen MR) is 77.2 cm³/mol. The topological polar surface area (TPSA) is 111 Å². The fourth-order valence-corrected chi connectivity index (χ4v) is 1.72. The van der Waals surface area contributed by atoms with Gasteiger partial charge in [-0.2, -0.15) is 5.26 Å². The van der Waals surface area contributed by atoms with Gasteiger partial charge in [0.2, 0.25) is 0 Å². The van der Waals surface area contributed by atoms with Gasteiger partial charge in [0.15, 0.2) is 5.75 Å². The van der Waals surface area contributed by atoms with Crippen LogP contribution in [0.5, 0.6) is 11.5 Å². The quantitative estimate of drug-likeness (QED) is 0.447. The summed E-state index contributed by atoms with van der Waals surface area (Å²) in [6.07, 6.45) is 1.93. The number of unbranched alkanes of at least 4 members (excludes halogenated alkanes) is 1. The van der Waals surface area contributed by atoms with Crippen LogP contribution in [0.25, 0.3) is 0 Å². The number of nitriles is 1. The summed E-state index contributed by atoms with van der Waals surface area (Å²) in [5, 5.41) is 19.7. The van der Waals surface area contributed by atoms with E-state index in [1.807, 2.05) is 6.07 Å². The van der Waals surface area contributed by atoms with Crippen molar-refractivity contribution in [2.24, 2.45) is 5.73 Å². The van der Waals surface area contributed by atoms with Crippen LogP contribution in [-0.4, -0.2) is 24.2 Å². The van der Waals surface area contributed by atoms with Crippen LogP contribution >= 0.6 is 0 Å². The van der Waals surface area contributed by atoms with E-state index in [4.69, 9.17) is 20.5 Å². The molecule has 21 heavy (non-hydrogen) atoms. The van der Waals surface area contributed by atoms with Crippen molar-refractivity contribution in [3.8, 4) is 17.6 Å². The standard InChI is InChI=1S/C14H19N3O4/c1-14(16,10-15)7-3-4-8-21-13-6-5-11(20-2)9-12(13)17(18)19/h5-6,9H,3-4,7-8,16H2,1-2H3. The lowest BCUT2D eigenvalue weighted by molar-refractivity contribution is -0.385. The zero-order valence-corrected chi connectivity index (χ0v) is 12.2. The number of nitro benzene ring substituents is 1. The van der Waals surface area contributed by atoms with Gasteiger partial charge in [-0.3, -0.25) is 10.1 Å². The first-order valence-electron chi connectivity index (χ1n) is 6.55. The Morgan fingerprint density at radius 1 is 1.48 bits per heavy atom. The first kappa shape index (κ1) is 16.7. The fraction of sp³-hybridized carbons (Fsp3) is 0.500. The smallest absolute Gasteiger partial charge is 0.314 e. The van der Waals surface area contributed by atoms with Gasteiger partial charge in [0.25, 0.3) is 0 Å². The minimum Gasteiger partial charge on any atom is -0.496 e. The number of benzene rings is 1. The molecule has 1 aromatic carbocycles. The summed E-state index contributed by atoms with van der Waals surface area (Å²) in [4.78, 5) is 10.5. The molecule has 0 fully saturated rings. The second-order valence-electron chi connectivity index (χ2n) is 4.93. The molecule has 7 heteroatoms. The Hall–Kier alpha value is -2.33. The Labute approximate surface area is 123 Å². The first-order chi connectivity index (χ1) is 9.89. The summed E-state index contributed by atoms with van der Waals surface area (Å²) in [5.74, 6) is 0.610. The maximum Gasteiger partial charge on any atom is 0.314 e. The monoisotopic (exact) mass is 293 g/mol. The van der Waals surface area contributed by atoms with Gasteiger partial charge < -0.3 is 15.2 Å². The third-order valence-corrected chi connectivity index (χ3v) is 2.97. The van der Waals surface area contributed by atoms with E-state index in [0.29, 0.717) is 31.6 Å². The third kappa shape index (κ3) is 5.28. The van der Waals surface area contributed by atoms with E-state index in [1.165, 1.54) is 19.2 Å². The van der Waals surface area contributed by atoms with Gasteiger partial charge >= 0.3 is 5.69 Å². The van der Waals surface area contributed by atoms with Crippen LogP contribution in [0.2, 0.25) is 0 Å². The molecule has 0 radical (unpaired) electrons. The molecular weight excluding hydrogens is 274 g/mol. The molecule has 2 N–H and O–H groups in total. The van der Waals surface area contributed by atoms with Crippen LogP contribution in [0, 0.1) is 21.4 Å². The Balaban J connectivity index is 2.53. The van der Waals surface area contributed by atoms with Crippen LogP contribution in [0.3, 0.4) is 0 Å². The molecule has 1 aromatic rings. The molecule has 1 atom stereocenters. The van der Waals surface area contributed by atoms with Crippen molar-refractivity contribution in [3.63, 3.8) is 0 Å². The molecule has 1 rings (SSSR count). The highest BCUT2D eigenvalue weighted by Gasteiger charge is 2.18. The number of ether oxygens (including phenoxy) is 2. The summed E-state index contributed by atoms with van der Waals surface area (Å²) in [6.45, 7) is 2.00. The van der Waals surface area contributed by atoms with Crippen LogP contribution in [0.15, 0.2) is 18.2 Å². The van der Waals surface area contributed by atoms with E-state index < -0.39 is 10.5 Å². The van der Waals surface area contributed by atoms with E-state index in [0.717, 1.165) is 0 Å². The van der Waals surface area contributed by atoms with Crippen molar-refractivity contribution in [3.05, 3.63) is 28.3 Å². The largest absolute Gasteiger partial charge is 0.496 e. The molecule has 0 saturated heterocycles. The van der Waals surface area contributed by atoms with Crippen molar-refractivity contribution in [2.45, 2.75) is 31.7 Å². The highest BCUT2D eigenvalue weighted by Crippen LogP contribution is 2.31. The molecule has 0 amide bonds. The Morgan fingerprint density at radius 2 is 2.19 bits per heavy atom. The van der Waals surface area contributed by atoms with Gasteiger partial charge in [0, 0.05) is 0 Å². The molecule has 0 bridgehead atoms. The molecule has 0 saturated carbocycles. The van der Waals surface area contributed by atoms with Crippen molar-refractivity contribution < 1.29 is 14.4 Å². The number of nitrogens with zero attached hydrogens (tertiary/aromatic N) is 2. The molecule has 0 spiro atoms. The summed E-state index contributed by atoms with van der Waals surface area (Å²) in [7, 11) is 1.44. The zero-order valence-electron chi connectivity index (χ0n) is 12.2. The molecule has 7 nitrogen and oxygen atoms in total. The lowest BCUT2D eigenvalue weighted by Gasteiger charge is -2.14. The summed E-state index contributed by atoms with van der Waals surface area (Å²) in [5.41, 5.74) is 4.73. The number of hydrogen-bond donors (Lipinski definition) is 1. The third-order valence-electron chi connectivity index (χ3n) is 2.97. The van der Waals surface area contributed by atoms with Crippen molar-refractivity contribution >= 4 is 5.69 Å². The van der Waals surface area contributed by atoms with E-state index in [2.05, 4.69) is 0 Å². The molecule has 0 aromatic heterocycles. The molecule has 114 valence electrons. The van der Waals surface area contributed by atoms with Gasteiger partial charge in [0.1, 0.15) is 11.3 Å². The SMILES string of the molecule is COc1ccc(OCCCCC(C)(N)C#N)c([N+](=O)[O-])c1. The Bertz CT molecular complexity index is 538. The second kappa shape index (κ2) is 7.45. The lowest BCUT2D eigenvalue weighted by Crippen LogP contribution is -2.33. The number of hydrogen-bond acceptors (Lipinski definition) is 6. The molecule has 0 aliphatic carbocycles. The predicted octanol–water partition coefficient (Wildman–Crippen LogP) is 2.39. The van der Waals surface area contributed by atoms with Crippen LogP contribution in [0.1, 0.15) is 26.2 Å². The van der Waals surface area contributed by atoms with Gasteiger partial charge in [-0.25, -0.2) is 0 Å². The number of nitro groups is 1. The van der Waals surface area contributed by atoms with Gasteiger partial charge in [0.05, 0.1) is 30.8 Å². The average Bonchev–Trinajstić information content (AvgIpc) is 2.46. The Kier molecular flexibility index (Phi) is 5.93. The molecule has 0 heterocycles. The normalized spacial score (nSPS) is 13.0. The van der Waals surface area contributed by atoms with Crippen molar-refractivity contribution in [2.75, 3.05) is 13.7 Å². The molecule has 0 aliphatic heterocycles. The minimum absolute atomic E-state index is 0.130. The lowest BCUT2D eigenvalue weighted by atomic mass is 9.98. The Morgan fingerprint density at radius 3 is 2.76 bits per heavy atom. The van der Waals surface area contributed by atoms with Gasteiger partial charge in [-0.15, -0.1) is 0 Å². The van der Waals surface area contributed by atoms with E-state index in [9.17, 15) is 10.1 Å². The van der Waals surface area contributed by atoms with E-state index >= 15 is 0 Å². The fourth-order valence-electron chi connectivity index (χ4n) is 1.72. The molecule has 0 aliphatic rings. The summed E-state index contributed by atoms with van der Waals surface area (Å²) >= 11 is 0. The van der Waals surface area contributed by atoms with E-state index in [1.54, 1.807) is 13.0 Å². The highest BCUT2D eigenvalue weighted by atomic mass is 16.6. The second-order valence-corrected chi connectivity index (χ2v) is 4.93.